The summed E-state index contributed by atoms with van der Waals surface area (Å²) in [4.78, 5) is 9.36. The molecule has 5 nitrogen and oxygen atoms in total. The summed E-state index contributed by atoms with van der Waals surface area (Å²) < 4.78 is 58.5. The lowest BCUT2D eigenvalue weighted by atomic mass is 9.78. The van der Waals surface area contributed by atoms with Crippen molar-refractivity contribution in [1.29, 1.82) is 0 Å². The predicted molar refractivity (Wildman–Crippen MR) is 350 cm³/mol. The van der Waals surface area contributed by atoms with Crippen LogP contribution in [-0.2, 0) is 16.2 Å². The molecule has 0 bridgehead atoms. The second kappa shape index (κ2) is 21.4. The lowest BCUT2D eigenvalue weighted by molar-refractivity contribution is 0.483. The Morgan fingerprint density at radius 3 is 1.62 bits per heavy atom. The van der Waals surface area contributed by atoms with Gasteiger partial charge in [-0.25, -0.2) is 18.2 Å². The molecular formula is C78H67F3N4O. The number of pyridine rings is 1. The van der Waals surface area contributed by atoms with E-state index in [2.05, 4.69) is 228 Å². The minimum Gasteiger partial charge on any atom is -0.457 e. The van der Waals surface area contributed by atoms with E-state index in [4.69, 9.17) is 9.72 Å². The summed E-state index contributed by atoms with van der Waals surface area (Å²) in [6.07, 6.45) is 1.89. The topological polar surface area (TPSA) is 33.5 Å². The van der Waals surface area contributed by atoms with Gasteiger partial charge in [-0.1, -0.05) is 196 Å². The first-order valence-electron chi connectivity index (χ1n) is 29.4. The fourth-order valence-corrected chi connectivity index (χ4v) is 12.2. The Morgan fingerprint density at radius 1 is 0.395 bits per heavy atom. The molecule has 2 aromatic heterocycles. The maximum absolute atomic E-state index is 17.0. The molecule has 426 valence electrons. The van der Waals surface area contributed by atoms with Gasteiger partial charge in [-0.15, -0.1) is 0 Å². The van der Waals surface area contributed by atoms with Gasteiger partial charge in [-0.2, -0.15) is 0 Å². The van der Waals surface area contributed by atoms with Crippen molar-refractivity contribution in [1.82, 2.24) is 9.55 Å². The van der Waals surface area contributed by atoms with E-state index in [0.29, 0.717) is 17.2 Å². The van der Waals surface area contributed by atoms with Crippen molar-refractivity contribution in [3.05, 3.63) is 265 Å². The molecule has 1 aliphatic rings. The highest BCUT2D eigenvalue weighted by Gasteiger charge is 2.35. The van der Waals surface area contributed by atoms with Crippen molar-refractivity contribution >= 4 is 44.6 Å². The summed E-state index contributed by atoms with van der Waals surface area (Å²) in [5.41, 5.74) is 15.2. The van der Waals surface area contributed by atoms with Crippen LogP contribution in [0.4, 0.5) is 35.9 Å². The third kappa shape index (κ3) is 10.4. The van der Waals surface area contributed by atoms with E-state index in [0.717, 1.165) is 112 Å². The normalized spacial score (nSPS) is 12.8. The van der Waals surface area contributed by atoms with Crippen LogP contribution >= 0.6 is 0 Å². The van der Waals surface area contributed by atoms with Crippen LogP contribution in [-0.4, -0.2) is 16.2 Å². The zero-order valence-corrected chi connectivity index (χ0v) is 50.0. The van der Waals surface area contributed by atoms with E-state index < -0.39 is 17.5 Å². The molecule has 8 heteroatoms. The molecule has 0 radical (unpaired) electrons. The van der Waals surface area contributed by atoms with E-state index in [1.165, 1.54) is 5.56 Å². The maximum Gasteiger partial charge on any atom is 0.137 e. The van der Waals surface area contributed by atoms with Crippen LogP contribution < -0.4 is 14.5 Å². The number of benzene rings is 10. The first-order valence-corrected chi connectivity index (χ1v) is 29.4. The number of hydrogen-bond donors (Lipinski definition) is 0. The first-order chi connectivity index (χ1) is 41.2. The second-order valence-corrected chi connectivity index (χ2v) is 25.7. The minimum absolute atomic E-state index is 0.0936. The van der Waals surface area contributed by atoms with E-state index in [1.807, 2.05) is 66.9 Å². The third-order valence-corrected chi connectivity index (χ3v) is 16.7. The van der Waals surface area contributed by atoms with Crippen molar-refractivity contribution in [2.75, 3.05) is 16.5 Å². The number of fused-ring (bicyclic) bond motifs is 4. The molecule has 3 heterocycles. The van der Waals surface area contributed by atoms with Crippen LogP contribution in [0, 0.1) is 17.5 Å². The molecular weight excluding hydrogens is 1070 g/mol. The van der Waals surface area contributed by atoms with Crippen LogP contribution in [0.3, 0.4) is 0 Å². The molecule has 12 aromatic rings. The number of halogens is 3. The number of para-hydroxylation sites is 3. The number of rotatable bonds is 10. The Balaban J connectivity index is 1.03. The highest BCUT2D eigenvalue weighted by Crippen LogP contribution is 2.54. The van der Waals surface area contributed by atoms with E-state index in [1.54, 1.807) is 0 Å². The first kappa shape index (κ1) is 55.5. The Kier molecular flexibility index (Phi) is 13.8. The molecule has 0 atom stereocenters. The van der Waals surface area contributed by atoms with E-state index >= 15 is 13.2 Å². The number of nitrogens with zero attached hydrogens (tertiary/aromatic N) is 4. The van der Waals surface area contributed by atoms with Crippen LogP contribution in [0.15, 0.2) is 231 Å². The standard InChI is InChI=1S/C78H67F3N4O/c1-76(2,3)54-34-35-82-73(43-54)85-69-29-19-18-28-63(69)64-33-32-59(47-72(64)85)86-60-39-53(62-27-17-16-26-61(62)50-24-14-11-15-25-50)38-58(46-60)83-48-84(71-31-21-20-30-70(71)83)75-65(52-36-55(77(4,5)6)42-56(37-52)78(7,8)9)40-51(49-22-12-10-13-23-49)41-66(75)74-67(80)44-57(79)45-68(74)81/h10-47H,48H2,1-9H3. The van der Waals surface area contributed by atoms with Gasteiger partial charge >= 0.3 is 0 Å². The summed E-state index contributed by atoms with van der Waals surface area (Å²) in [6.45, 7) is 20.1. The van der Waals surface area contributed by atoms with Gasteiger partial charge in [0.2, 0.25) is 0 Å². The molecule has 0 saturated carbocycles. The monoisotopic (exact) mass is 1130 g/mol. The lowest BCUT2D eigenvalue weighted by Gasteiger charge is -2.30. The average molecular weight is 1130 g/mol. The highest BCUT2D eigenvalue weighted by atomic mass is 19.1. The van der Waals surface area contributed by atoms with E-state index in [9.17, 15) is 0 Å². The van der Waals surface area contributed by atoms with Gasteiger partial charge in [0.15, 0.2) is 0 Å². The van der Waals surface area contributed by atoms with Crippen molar-refractivity contribution < 1.29 is 17.9 Å². The Hall–Kier alpha value is -9.66. The van der Waals surface area contributed by atoms with Crippen molar-refractivity contribution in [2.24, 2.45) is 0 Å². The third-order valence-electron chi connectivity index (χ3n) is 16.7. The summed E-state index contributed by atoms with van der Waals surface area (Å²) in [7, 11) is 0. The fraction of sp³-hybridized carbons (Fsp3) is 0.167. The average Bonchev–Trinajstić information content (AvgIpc) is 1.59. The number of aromatic nitrogens is 2. The van der Waals surface area contributed by atoms with Gasteiger partial charge in [0.1, 0.15) is 41.4 Å². The summed E-state index contributed by atoms with van der Waals surface area (Å²) in [6, 6.07) is 74.5. The molecule has 0 amide bonds. The van der Waals surface area contributed by atoms with Crippen LogP contribution in [0.25, 0.3) is 83.3 Å². The predicted octanol–water partition coefficient (Wildman–Crippen LogP) is 21.9. The summed E-state index contributed by atoms with van der Waals surface area (Å²) in [5, 5.41) is 2.19. The van der Waals surface area contributed by atoms with Gasteiger partial charge in [-0.3, -0.25) is 4.57 Å². The number of ether oxygens (including phenoxy) is 1. The zero-order valence-electron chi connectivity index (χ0n) is 50.0. The van der Waals surface area contributed by atoms with Gasteiger partial charge in [0.25, 0.3) is 0 Å². The molecule has 13 rings (SSSR count). The molecule has 0 spiro atoms. The fourth-order valence-electron chi connectivity index (χ4n) is 12.2. The Morgan fingerprint density at radius 2 is 0.953 bits per heavy atom. The van der Waals surface area contributed by atoms with Crippen LogP contribution in [0.5, 0.6) is 11.5 Å². The largest absolute Gasteiger partial charge is 0.457 e. The summed E-state index contributed by atoms with van der Waals surface area (Å²) >= 11 is 0. The molecule has 1 aliphatic heterocycles. The smallest absolute Gasteiger partial charge is 0.137 e. The van der Waals surface area contributed by atoms with Crippen molar-refractivity contribution in [3.8, 4) is 73.0 Å². The van der Waals surface area contributed by atoms with E-state index in [-0.39, 0.29) is 34.0 Å². The minimum atomic E-state index is -0.997. The molecule has 0 fully saturated rings. The SMILES string of the molecule is CC(C)(C)c1cc(-c2cc(-c3ccccc3)cc(-c3c(F)cc(F)cc3F)c2N2CN(c3cc(Oc4ccc5c6ccccc6n(-c6cc(C(C)(C)C)ccn6)c5c4)cc(-c4ccccc4-c4ccccc4)c3)c3ccccc32)cc(C(C)(C)C)c1. The van der Waals surface area contributed by atoms with Crippen LogP contribution in [0.1, 0.15) is 79.0 Å². The molecule has 0 saturated heterocycles. The van der Waals surface area contributed by atoms with Gasteiger partial charge < -0.3 is 14.5 Å². The number of anilines is 4. The van der Waals surface area contributed by atoms with Crippen molar-refractivity contribution in [2.45, 2.75) is 78.6 Å². The van der Waals surface area contributed by atoms with Gasteiger partial charge in [0.05, 0.1) is 33.7 Å². The second-order valence-electron chi connectivity index (χ2n) is 25.7. The van der Waals surface area contributed by atoms with Crippen LogP contribution in [0.2, 0.25) is 0 Å². The zero-order chi connectivity index (χ0) is 59.8. The van der Waals surface area contributed by atoms with Crippen molar-refractivity contribution in [3.63, 3.8) is 0 Å². The quantitative estimate of drug-likeness (QED) is 0.137. The number of hydrogen-bond acceptors (Lipinski definition) is 4. The van der Waals surface area contributed by atoms with Gasteiger partial charge in [0, 0.05) is 58.0 Å². The molecule has 0 N–H and O–H groups in total. The molecule has 0 unspecified atom stereocenters. The lowest BCUT2D eigenvalue weighted by Crippen LogP contribution is -2.25. The Bertz CT molecular complexity index is 4530. The highest BCUT2D eigenvalue weighted by molar-refractivity contribution is 6.09. The van der Waals surface area contributed by atoms with Gasteiger partial charge in [-0.05, 0) is 139 Å². The molecule has 86 heavy (non-hydrogen) atoms. The maximum atomic E-state index is 17.0. The molecule has 0 aliphatic carbocycles. The Labute approximate surface area is 502 Å². The molecule has 10 aromatic carbocycles. The summed E-state index contributed by atoms with van der Waals surface area (Å²) in [5.74, 6) is -0.927.